The Hall–Kier alpha value is -1.20. The number of likely N-dealkylation sites (N-methyl/N-ethyl adjacent to an activating group) is 1. The van der Waals surface area contributed by atoms with Gasteiger partial charge in [0.2, 0.25) is 0 Å². The third-order valence-electron chi connectivity index (χ3n) is 3.07. The number of hydrogen-bond donors (Lipinski definition) is 1. The van der Waals surface area contributed by atoms with Crippen molar-refractivity contribution in [1.82, 2.24) is 10.2 Å². The van der Waals surface area contributed by atoms with Crippen LogP contribution in [0.1, 0.15) is 16.8 Å². The van der Waals surface area contributed by atoms with Gasteiger partial charge in [-0.05, 0) is 31.2 Å². The summed E-state index contributed by atoms with van der Waals surface area (Å²) in [5, 5.41) is 3.15. The minimum Gasteiger partial charge on any atom is -0.337 e. The first-order valence-electron chi connectivity index (χ1n) is 5.52. The molecule has 1 aliphatic rings. The highest BCUT2D eigenvalue weighted by molar-refractivity contribution is 5.94. The van der Waals surface area contributed by atoms with Crippen LogP contribution in [0.5, 0.6) is 0 Å². The zero-order valence-corrected chi connectivity index (χ0v) is 10.8. The van der Waals surface area contributed by atoms with Crippen molar-refractivity contribution in [2.45, 2.75) is 12.5 Å². The lowest BCUT2D eigenvalue weighted by Gasteiger charge is -2.23. The molecule has 1 aromatic rings. The lowest BCUT2D eigenvalue weighted by Crippen LogP contribution is -2.38. The van der Waals surface area contributed by atoms with E-state index in [4.69, 9.17) is 0 Å². The molecular formula is C12H15ClF2N2O. The molecule has 0 radical (unpaired) electrons. The number of carbonyl (C=O) groups is 1. The van der Waals surface area contributed by atoms with Gasteiger partial charge in [-0.25, -0.2) is 8.78 Å². The van der Waals surface area contributed by atoms with Crippen molar-refractivity contribution in [2.24, 2.45) is 0 Å². The summed E-state index contributed by atoms with van der Waals surface area (Å²) < 4.78 is 25.8. The fourth-order valence-corrected chi connectivity index (χ4v) is 1.97. The van der Waals surface area contributed by atoms with Crippen LogP contribution in [0.15, 0.2) is 18.2 Å². The Bertz CT molecular complexity index is 436. The summed E-state index contributed by atoms with van der Waals surface area (Å²) in [4.78, 5) is 13.6. The fourth-order valence-electron chi connectivity index (χ4n) is 1.97. The zero-order chi connectivity index (χ0) is 12.4. The lowest BCUT2D eigenvalue weighted by molar-refractivity contribution is 0.0743. The van der Waals surface area contributed by atoms with Gasteiger partial charge in [-0.1, -0.05) is 0 Å². The summed E-state index contributed by atoms with van der Waals surface area (Å²) in [6.07, 6.45) is 0.881. The quantitative estimate of drug-likeness (QED) is 0.894. The molecule has 1 aliphatic heterocycles. The molecular weight excluding hydrogens is 262 g/mol. The molecule has 3 nitrogen and oxygen atoms in total. The Labute approximate surface area is 111 Å². The van der Waals surface area contributed by atoms with Gasteiger partial charge in [0.25, 0.3) is 5.91 Å². The van der Waals surface area contributed by atoms with Crippen LogP contribution in [0.4, 0.5) is 8.78 Å². The third kappa shape index (κ3) is 2.97. The van der Waals surface area contributed by atoms with Gasteiger partial charge in [-0.3, -0.25) is 4.79 Å². The second kappa shape index (κ2) is 6.11. The summed E-state index contributed by atoms with van der Waals surface area (Å²) in [7, 11) is 1.68. The minimum atomic E-state index is -0.992. The Kier molecular flexibility index (Phi) is 5.04. The smallest absolute Gasteiger partial charge is 0.253 e. The molecule has 1 saturated heterocycles. The van der Waals surface area contributed by atoms with E-state index < -0.39 is 11.6 Å². The average Bonchev–Trinajstić information content (AvgIpc) is 2.84. The van der Waals surface area contributed by atoms with Crippen LogP contribution in [0, 0.1) is 11.6 Å². The number of amides is 1. The number of benzene rings is 1. The molecule has 18 heavy (non-hydrogen) atoms. The normalized spacial score (nSPS) is 18.3. The van der Waals surface area contributed by atoms with Gasteiger partial charge in [-0.15, -0.1) is 12.4 Å². The molecule has 2 rings (SSSR count). The molecule has 100 valence electrons. The number of carbonyl (C=O) groups excluding carboxylic acids is 1. The van der Waals surface area contributed by atoms with Crippen molar-refractivity contribution in [3.63, 3.8) is 0 Å². The van der Waals surface area contributed by atoms with Gasteiger partial charge in [0.05, 0.1) is 0 Å². The molecule has 0 unspecified atom stereocenters. The topological polar surface area (TPSA) is 32.3 Å². The number of rotatable bonds is 2. The molecule has 1 N–H and O–H groups in total. The molecule has 6 heteroatoms. The molecule has 0 saturated carbocycles. The van der Waals surface area contributed by atoms with E-state index in [1.807, 2.05) is 0 Å². The lowest BCUT2D eigenvalue weighted by atomic mass is 10.1. The molecule has 1 heterocycles. The van der Waals surface area contributed by atoms with Crippen LogP contribution in [-0.2, 0) is 0 Å². The van der Waals surface area contributed by atoms with Crippen molar-refractivity contribution in [2.75, 3.05) is 20.1 Å². The van der Waals surface area contributed by atoms with E-state index in [-0.39, 0.29) is 29.9 Å². The van der Waals surface area contributed by atoms with Crippen LogP contribution in [0.25, 0.3) is 0 Å². The summed E-state index contributed by atoms with van der Waals surface area (Å²) in [5.41, 5.74) is 0.179. The van der Waals surface area contributed by atoms with Crippen molar-refractivity contribution in [3.8, 4) is 0 Å². The third-order valence-corrected chi connectivity index (χ3v) is 3.07. The maximum atomic E-state index is 13.0. The second-order valence-electron chi connectivity index (χ2n) is 4.19. The number of halogens is 3. The summed E-state index contributed by atoms with van der Waals surface area (Å²) in [6, 6.07) is 3.34. The fraction of sp³-hybridized carbons (Fsp3) is 0.417. The molecule has 1 amide bonds. The van der Waals surface area contributed by atoms with Gasteiger partial charge in [0.1, 0.15) is 0 Å². The average molecular weight is 277 g/mol. The van der Waals surface area contributed by atoms with Crippen molar-refractivity contribution in [3.05, 3.63) is 35.4 Å². The number of hydrogen-bond acceptors (Lipinski definition) is 2. The minimum absolute atomic E-state index is 0. The van der Waals surface area contributed by atoms with Gasteiger partial charge in [-0.2, -0.15) is 0 Å². The molecule has 0 aromatic heterocycles. The first kappa shape index (κ1) is 14.9. The van der Waals surface area contributed by atoms with E-state index in [0.717, 1.165) is 31.6 Å². The highest BCUT2D eigenvalue weighted by Crippen LogP contribution is 2.14. The maximum absolute atomic E-state index is 13.0. The monoisotopic (exact) mass is 276 g/mol. The Morgan fingerprint density at radius 1 is 1.39 bits per heavy atom. The van der Waals surface area contributed by atoms with E-state index in [1.54, 1.807) is 11.9 Å². The van der Waals surface area contributed by atoms with Gasteiger partial charge >= 0.3 is 0 Å². The van der Waals surface area contributed by atoms with Crippen LogP contribution >= 0.6 is 12.4 Å². The van der Waals surface area contributed by atoms with Crippen molar-refractivity contribution in [1.29, 1.82) is 0 Å². The van der Waals surface area contributed by atoms with Crippen LogP contribution < -0.4 is 5.32 Å². The summed E-state index contributed by atoms with van der Waals surface area (Å²) in [5.74, 6) is -2.21. The van der Waals surface area contributed by atoms with Crippen LogP contribution in [0.2, 0.25) is 0 Å². The second-order valence-corrected chi connectivity index (χ2v) is 4.19. The molecule has 0 spiro atoms. The van der Waals surface area contributed by atoms with Crippen molar-refractivity contribution >= 4 is 18.3 Å². The van der Waals surface area contributed by atoms with E-state index >= 15 is 0 Å². The molecule has 1 atom stereocenters. The summed E-state index contributed by atoms with van der Waals surface area (Å²) in [6.45, 7) is 1.62. The highest BCUT2D eigenvalue weighted by Gasteiger charge is 2.24. The largest absolute Gasteiger partial charge is 0.337 e. The van der Waals surface area contributed by atoms with E-state index in [1.165, 1.54) is 6.07 Å². The van der Waals surface area contributed by atoms with Gasteiger partial charge in [0, 0.05) is 25.2 Å². The van der Waals surface area contributed by atoms with E-state index in [2.05, 4.69) is 5.32 Å². The standard InChI is InChI=1S/C12H14F2N2O.ClH/c1-16(9-4-5-15-7-9)12(17)8-2-3-10(13)11(14)6-8;/h2-3,6,9,15H,4-5,7H2,1H3;1H/t9-;/m1./s1. The van der Waals surface area contributed by atoms with Gasteiger partial charge in [0.15, 0.2) is 11.6 Å². The number of nitrogens with zero attached hydrogens (tertiary/aromatic N) is 1. The number of nitrogens with one attached hydrogen (secondary N) is 1. The first-order valence-corrected chi connectivity index (χ1v) is 5.52. The Morgan fingerprint density at radius 3 is 2.67 bits per heavy atom. The first-order chi connectivity index (χ1) is 8.09. The Balaban J connectivity index is 0.00000162. The predicted molar refractivity (Wildman–Crippen MR) is 67.0 cm³/mol. The maximum Gasteiger partial charge on any atom is 0.253 e. The van der Waals surface area contributed by atoms with Crippen molar-refractivity contribution < 1.29 is 13.6 Å². The zero-order valence-electron chi connectivity index (χ0n) is 9.95. The predicted octanol–water partition coefficient (Wildman–Crippen LogP) is 1.82. The van der Waals surface area contributed by atoms with E-state index in [9.17, 15) is 13.6 Å². The molecule has 0 bridgehead atoms. The molecule has 0 aliphatic carbocycles. The van der Waals surface area contributed by atoms with E-state index in [0.29, 0.717) is 0 Å². The molecule has 1 fully saturated rings. The van der Waals surface area contributed by atoms with Gasteiger partial charge < -0.3 is 10.2 Å². The molecule has 1 aromatic carbocycles. The SMILES string of the molecule is CN(C(=O)c1ccc(F)c(F)c1)[C@@H]1CCNC1.Cl. The highest BCUT2D eigenvalue weighted by atomic mass is 35.5. The Morgan fingerprint density at radius 2 is 2.11 bits per heavy atom. The summed E-state index contributed by atoms with van der Waals surface area (Å²) >= 11 is 0. The van der Waals surface area contributed by atoms with Crippen LogP contribution in [-0.4, -0.2) is 37.0 Å². The van der Waals surface area contributed by atoms with Crippen LogP contribution in [0.3, 0.4) is 0 Å².